The Labute approximate surface area is 152 Å². The molecule has 0 aromatic rings. The highest BCUT2D eigenvalue weighted by Gasteiger charge is 2.64. The van der Waals surface area contributed by atoms with Gasteiger partial charge in [0.2, 0.25) is 0 Å². The summed E-state index contributed by atoms with van der Waals surface area (Å²) < 4.78 is 0. The van der Waals surface area contributed by atoms with Crippen molar-refractivity contribution in [2.24, 2.45) is 28.6 Å². The van der Waals surface area contributed by atoms with Crippen molar-refractivity contribution in [3.8, 4) is 0 Å². The number of β-amino-alcohol motifs (C(OH)–C–C–N with tert-alkyl or cyclic N) is 1. The predicted octanol–water partition coefficient (Wildman–Crippen LogP) is 3.36. The molecule has 0 aromatic heterocycles. The van der Waals surface area contributed by atoms with Crippen LogP contribution in [0.15, 0.2) is 11.6 Å². The van der Waals surface area contributed by atoms with Crippen molar-refractivity contribution in [1.29, 1.82) is 0 Å². The van der Waals surface area contributed by atoms with Crippen LogP contribution < -0.4 is 0 Å². The molecule has 0 unspecified atom stereocenters. The first-order valence-electron chi connectivity index (χ1n) is 10.7. The smallest absolute Gasteiger partial charge is 0.0830 e. The van der Waals surface area contributed by atoms with Crippen LogP contribution in [0.5, 0.6) is 0 Å². The number of rotatable bonds is 2. The lowest BCUT2D eigenvalue weighted by atomic mass is 9.47. The summed E-state index contributed by atoms with van der Waals surface area (Å²) in [5, 5.41) is 21.7. The van der Waals surface area contributed by atoms with E-state index in [0.29, 0.717) is 11.3 Å². The lowest BCUT2D eigenvalue weighted by Crippen LogP contribution is -2.56. The van der Waals surface area contributed by atoms with Gasteiger partial charge in [0.1, 0.15) is 0 Å². The monoisotopic (exact) mass is 345 g/mol. The first-order valence-corrected chi connectivity index (χ1v) is 10.7. The first kappa shape index (κ1) is 16.8. The lowest BCUT2D eigenvalue weighted by molar-refractivity contribution is -0.128. The largest absolute Gasteiger partial charge is 0.393 e. The van der Waals surface area contributed by atoms with Crippen molar-refractivity contribution in [2.45, 2.75) is 76.9 Å². The molecule has 25 heavy (non-hydrogen) atoms. The Morgan fingerprint density at radius 3 is 2.60 bits per heavy atom. The fourth-order valence-corrected chi connectivity index (χ4v) is 7.61. The van der Waals surface area contributed by atoms with Gasteiger partial charge in [0, 0.05) is 25.0 Å². The van der Waals surface area contributed by atoms with E-state index in [9.17, 15) is 10.2 Å². The van der Waals surface area contributed by atoms with E-state index < -0.39 is 5.60 Å². The summed E-state index contributed by atoms with van der Waals surface area (Å²) in [7, 11) is 0. The van der Waals surface area contributed by atoms with Gasteiger partial charge >= 0.3 is 0 Å². The van der Waals surface area contributed by atoms with Crippen LogP contribution in [-0.2, 0) is 0 Å². The predicted molar refractivity (Wildman–Crippen MR) is 99.1 cm³/mol. The maximum Gasteiger partial charge on any atom is 0.0830 e. The van der Waals surface area contributed by atoms with Gasteiger partial charge in [-0.2, -0.15) is 0 Å². The van der Waals surface area contributed by atoms with E-state index in [2.05, 4.69) is 24.8 Å². The van der Waals surface area contributed by atoms with Gasteiger partial charge in [-0.05, 0) is 74.5 Å². The highest BCUT2D eigenvalue weighted by atomic mass is 16.3. The van der Waals surface area contributed by atoms with Crippen LogP contribution in [0.3, 0.4) is 0 Å². The molecule has 4 fully saturated rings. The van der Waals surface area contributed by atoms with E-state index in [4.69, 9.17) is 0 Å². The first-order chi connectivity index (χ1) is 11.9. The van der Waals surface area contributed by atoms with Crippen molar-refractivity contribution in [3.05, 3.63) is 11.6 Å². The maximum atomic E-state index is 11.6. The van der Waals surface area contributed by atoms with Crippen molar-refractivity contribution in [3.63, 3.8) is 0 Å². The number of aliphatic hydroxyl groups excluding tert-OH is 1. The molecule has 1 aliphatic heterocycles. The number of allylic oxidation sites excluding steroid dienone is 1. The molecule has 0 radical (unpaired) electrons. The van der Waals surface area contributed by atoms with Crippen LogP contribution in [0.25, 0.3) is 0 Å². The molecule has 5 rings (SSSR count). The number of fused-ring (bicyclic) bond motifs is 5. The summed E-state index contributed by atoms with van der Waals surface area (Å²) in [4.78, 5) is 2.42. The quantitative estimate of drug-likeness (QED) is 0.596. The second-order valence-electron chi connectivity index (χ2n) is 10.5. The minimum Gasteiger partial charge on any atom is -0.393 e. The zero-order valence-electron chi connectivity index (χ0n) is 16.0. The Hall–Kier alpha value is -0.380. The van der Waals surface area contributed by atoms with Gasteiger partial charge in [-0.25, -0.2) is 0 Å². The Kier molecular flexibility index (Phi) is 3.57. The molecular formula is C22H35NO2. The average molecular weight is 346 g/mol. The lowest BCUT2D eigenvalue weighted by Gasteiger charge is -2.59. The molecule has 140 valence electrons. The molecule has 0 bridgehead atoms. The average Bonchev–Trinajstić information content (AvgIpc) is 3.33. The van der Waals surface area contributed by atoms with Gasteiger partial charge in [0.05, 0.1) is 11.7 Å². The molecule has 3 saturated carbocycles. The van der Waals surface area contributed by atoms with Crippen LogP contribution in [0, 0.1) is 28.6 Å². The van der Waals surface area contributed by atoms with Crippen LogP contribution in [0.2, 0.25) is 0 Å². The number of hydrogen-bond donors (Lipinski definition) is 2. The molecule has 1 saturated heterocycles. The number of hydrogen-bond acceptors (Lipinski definition) is 3. The van der Waals surface area contributed by atoms with E-state index in [1.807, 2.05) is 0 Å². The van der Waals surface area contributed by atoms with Crippen LogP contribution >= 0.6 is 0 Å². The molecule has 0 aromatic carbocycles. The van der Waals surface area contributed by atoms with Crippen molar-refractivity contribution < 1.29 is 10.2 Å². The molecule has 4 aliphatic carbocycles. The van der Waals surface area contributed by atoms with Gasteiger partial charge in [-0.15, -0.1) is 0 Å². The molecule has 3 heteroatoms. The van der Waals surface area contributed by atoms with Crippen LogP contribution in [0.4, 0.5) is 0 Å². The molecule has 3 nitrogen and oxygen atoms in total. The third-order valence-corrected chi connectivity index (χ3v) is 9.42. The van der Waals surface area contributed by atoms with E-state index in [1.54, 1.807) is 5.57 Å². The normalized spacial score (nSPS) is 55.1. The van der Waals surface area contributed by atoms with E-state index >= 15 is 0 Å². The van der Waals surface area contributed by atoms with Gasteiger partial charge in [0.25, 0.3) is 0 Å². The molecular weight excluding hydrogens is 310 g/mol. The summed E-state index contributed by atoms with van der Waals surface area (Å²) in [6.45, 7) is 8.17. The fourth-order valence-electron chi connectivity index (χ4n) is 7.61. The highest BCUT2D eigenvalue weighted by Crippen LogP contribution is 2.67. The zero-order valence-corrected chi connectivity index (χ0v) is 16.0. The summed E-state index contributed by atoms with van der Waals surface area (Å²) in [6, 6.07) is 0. The number of aliphatic hydroxyl groups is 2. The molecule has 7 atom stereocenters. The van der Waals surface area contributed by atoms with Gasteiger partial charge in [-0.3, -0.25) is 4.90 Å². The fraction of sp³-hybridized carbons (Fsp3) is 0.909. The third-order valence-electron chi connectivity index (χ3n) is 9.42. The number of nitrogens with zero attached hydrogens (tertiary/aromatic N) is 1. The van der Waals surface area contributed by atoms with Gasteiger partial charge in [0.15, 0.2) is 0 Å². The molecule has 5 aliphatic rings. The van der Waals surface area contributed by atoms with Gasteiger partial charge in [-0.1, -0.05) is 25.5 Å². The Morgan fingerprint density at radius 1 is 1.08 bits per heavy atom. The molecule has 1 heterocycles. The standard InChI is InChI=1S/C22H35NO2/c1-20-8-5-16(24)13-15(20)3-4-17-18(20)6-9-21(2)19(17)7-10-22(21,25)14-23-11-12-23/h3,16-19,24-25H,4-14H2,1-2H3/t16-,17+,18-,19-,20-,21-,22+/m0/s1. The molecule has 0 spiro atoms. The highest BCUT2D eigenvalue weighted by molar-refractivity contribution is 5.26. The van der Waals surface area contributed by atoms with E-state index in [-0.39, 0.29) is 11.5 Å². The minimum absolute atomic E-state index is 0.104. The zero-order chi connectivity index (χ0) is 17.4. The third kappa shape index (κ3) is 2.28. The minimum atomic E-state index is -0.465. The van der Waals surface area contributed by atoms with E-state index in [0.717, 1.165) is 44.1 Å². The second-order valence-corrected chi connectivity index (χ2v) is 10.5. The van der Waals surface area contributed by atoms with Crippen molar-refractivity contribution >= 4 is 0 Å². The summed E-state index contributed by atoms with van der Waals surface area (Å²) in [5.74, 6) is 2.19. The maximum absolute atomic E-state index is 11.6. The van der Waals surface area contributed by atoms with E-state index in [1.165, 1.54) is 38.8 Å². The Balaban J connectivity index is 1.45. The summed E-state index contributed by atoms with van der Waals surface area (Å²) >= 11 is 0. The molecule has 2 N–H and O–H groups in total. The van der Waals surface area contributed by atoms with Gasteiger partial charge < -0.3 is 10.2 Å². The second kappa shape index (κ2) is 5.33. The van der Waals surface area contributed by atoms with Crippen LogP contribution in [0.1, 0.15) is 65.2 Å². The Morgan fingerprint density at radius 2 is 1.84 bits per heavy atom. The summed E-state index contributed by atoms with van der Waals surface area (Å²) in [5.41, 5.74) is 1.50. The summed E-state index contributed by atoms with van der Waals surface area (Å²) in [6.07, 6.45) is 11.3. The topological polar surface area (TPSA) is 43.5 Å². The molecule has 0 amide bonds. The van der Waals surface area contributed by atoms with Crippen LogP contribution in [-0.4, -0.2) is 46.5 Å². The van der Waals surface area contributed by atoms with Crippen molar-refractivity contribution in [2.75, 3.05) is 19.6 Å². The SMILES string of the molecule is C[C@]12CC[C@H](O)CC1=CC[C@@H]1[C@@H]2CC[C@@]2(C)[C@H]1CC[C@@]2(O)CN1CC1. The Bertz CT molecular complexity index is 599. The van der Waals surface area contributed by atoms with Crippen molar-refractivity contribution in [1.82, 2.24) is 4.90 Å².